The van der Waals surface area contributed by atoms with E-state index in [1.807, 2.05) is 0 Å². The molecule has 0 fully saturated rings. The van der Waals surface area contributed by atoms with Gasteiger partial charge in [0.1, 0.15) is 0 Å². The first-order valence-corrected chi connectivity index (χ1v) is 6.71. The van der Waals surface area contributed by atoms with Crippen LogP contribution < -0.4 is 11.3 Å². The predicted octanol–water partition coefficient (Wildman–Crippen LogP) is 3.47. The standard InChI is InChI=1S/C13H30N2/c1-5-9-10-12(8-4)13(15-14)11(6-2)7-3/h11-13,15H,5-10,14H2,1-4H3. The van der Waals surface area contributed by atoms with Gasteiger partial charge in [-0.2, -0.15) is 0 Å². The van der Waals surface area contributed by atoms with E-state index in [-0.39, 0.29) is 0 Å². The number of rotatable bonds is 9. The molecule has 0 aromatic rings. The average Bonchev–Trinajstić information content (AvgIpc) is 2.28. The highest BCUT2D eigenvalue weighted by atomic mass is 15.2. The van der Waals surface area contributed by atoms with Gasteiger partial charge in [-0.25, -0.2) is 0 Å². The van der Waals surface area contributed by atoms with Gasteiger partial charge in [0.15, 0.2) is 0 Å². The van der Waals surface area contributed by atoms with Crippen LogP contribution in [0, 0.1) is 11.8 Å². The number of hydrogen-bond donors (Lipinski definition) is 2. The molecule has 0 saturated heterocycles. The summed E-state index contributed by atoms with van der Waals surface area (Å²) in [6.07, 6.45) is 7.64. The van der Waals surface area contributed by atoms with Gasteiger partial charge in [0.2, 0.25) is 0 Å². The maximum absolute atomic E-state index is 5.72. The topological polar surface area (TPSA) is 38.0 Å². The lowest BCUT2D eigenvalue weighted by Crippen LogP contribution is -2.45. The van der Waals surface area contributed by atoms with Gasteiger partial charge >= 0.3 is 0 Å². The van der Waals surface area contributed by atoms with Gasteiger partial charge in [0, 0.05) is 6.04 Å². The SMILES string of the molecule is CCCCC(CC)C(NN)C(CC)CC. The van der Waals surface area contributed by atoms with Crippen molar-refractivity contribution in [3.63, 3.8) is 0 Å². The molecule has 15 heavy (non-hydrogen) atoms. The van der Waals surface area contributed by atoms with Crippen LogP contribution >= 0.6 is 0 Å². The van der Waals surface area contributed by atoms with E-state index in [4.69, 9.17) is 5.84 Å². The third kappa shape index (κ3) is 4.98. The average molecular weight is 214 g/mol. The second kappa shape index (κ2) is 9.17. The Balaban J connectivity index is 4.29. The molecule has 0 radical (unpaired) electrons. The number of unbranched alkanes of at least 4 members (excludes halogenated alkanes) is 1. The van der Waals surface area contributed by atoms with Crippen LogP contribution in [0.1, 0.15) is 66.2 Å². The van der Waals surface area contributed by atoms with E-state index in [9.17, 15) is 0 Å². The van der Waals surface area contributed by atoms with Crippen LogP contribution in [0.3, 0.4) is 0 Å². The quantitative estimate of drug-likeness (QED) is 0.455. The van der Waals surface area contributed by atoms with Crippen LogP contribution in [0.2, 0.25) is 0 Å². The molecule has 0 amide bonds. The van der Waals surface area contributed by atoms with E-state index < -0.39 is 0 Å². The zero-order chi connectivity index (χ0) is 11.7. The largest absolute Gasteiger partial charge is 0.271 e. The third-order valence-corrected chi connectivity index (χ3v) is 3.71. The lowest BCUT2D eigenvalue weighted by atomic mass is 9.81. The van der Waals surface area contributed by atoms with E-state index in [0.717, 1.165) is 11.8 Å². The molecule has 2 nitrogen and oxygen atoms in total. The number of nitrogens with two attached hydrogens (primary N) is 1. The molecule has 0 heterocycles. The van der Waals surface area contributed by atoms with Crippen LogP contribution in [-0.4, -0.2) is 6.04 Å². The molecule has 2 atom stereocenters. The molecule has 2 unspecified atom stereocenters. The highest BCUT2D eigenvalue weighted by Crippen LogP contribution is 2.25. The zero-order valence-electron chi connectivity index (χ0n) is 11.1. The molecule has 3 N–H and O–H groups in total. The van der Waals surface area contributed by atoms with E-state index in [1.54, 1.807) is 0 Å². The fourth-order valence-electron chi connectivity index (χ4n) is 2.56. The first kappa shape index (κ1) is 14.9. The van der Waals surface area contributed by atoms with Crippen LogP contribution in [0.25, 0.3) is 0 Å². The Kier molecular flexibility index (Phi) is 9.12. The van der Waals surface area contributed by atoms with E-state index in [2.05, 4.69) is 33.1 Å². The van der Waals surface area contributed by atoms with E-state index >= 15 is 0 Å². The lowest BCUT2D eigenvalue weighted by Gasteiger charge is -2.32. The molecule has 0 saturated carbocycles. The van der Waals surface area contributed by atoms with Gasteiger partial charge in [0.25, 0.3) is 0 Å². The first-order chi connectivity index (χ1) is 7.24. The van der Waals surface area contributed by atoms with E-state index in [1.165, 1.54) is 38.5 Å². The Labute approximate surface area is 96.0 Å². The molecule has 0 spiro atoms. The molecule has 0 aromatic heterocycles. The smallest absolute Gasteiger partial charge is 0.0266 e. The molecule has 0 aliphatic heterocycles. The van der Waals surface area contributed by atoms with Crippen molar-refractivity contribution in [2.75, 3.05) is 0 Å². The third-order valence-electron chi connectivity index (χ3n) is 3.71. The van der Waals surface area contributed by atoms with Gasteiger partial charge in [-0.3, -0.25) is 11.3 Å². The normalized spacial score (nSPS) is 15.6. The summed E-state index contributed by atoms with van der Waals surface area (Å²) in [4.78, 5) is 0. The number of nitrogens with one attached hydrogen (secondary N) is 1. The second-order valence-corrected chi connectivity index (χ2v) is 4.58. The highest BCUT2D eigenvalue weighted by Gasteiger charge is 2.24. The summed E-state index contributed by atoms with van der Waals surface area (Å²) in [5.41, 5.74) is 3.06. The lowest BCUT2D eigenvalue weighted by molar-refractivity contribution is 0.226. The summed E-state index contributed by atoms with van der Waals surface area (Å²) >= 11 is 0. The van der Waals surface area contributed by atoms with Gasteiger partial charge in [-0.1, -0.05) is 59.8 Å². The van der Waals surface area contributed by atoms with Crippen molar-refractivity contribution in [1.82, 2.24) is 5.43 Å². The molecular weight excluding hydrogens is 184 g/mol. The second-order valence-electron chi connectivity index (χ2n) is 4.58. The molecule has 92 valence electrons. The minimum Gasteiger partial charge on any atom is -0.271 e. The summed E-state index contributed by atoms with van der Waals surface area (Å²) in [6.45, 7) is 9.08. The van der Waals surface area contributed by atoms with Crippen molar-refractivity contribution in [3.05, 3.63) is 0 Å². The molecule has 0 aliphatic carbocycles. The van der Waals surface area contributed by atoms with Crippen molar-refractivity contribution < 1.29 is 0 Å². The molecule has 0 aliphatic rings. The van der Waals surface area contributed by atoms with Crippen LogP contribution in [-0.2, 0) is 0 Å². The fourth-order valence-corrected chi connectivity index (χ4v) is 2.56. The number of hydrogen-bond acceptors (Lipinski definition) is 2. The Morgan fingerprint density at radius 1 is 0.933 bits per heavy atom. The van der Waals surface area contributed by atoms with Crippen molar-refractivity contribution in [3.8, 4) is 0 Å². The Hall–Kier alpha value is -0.0800. The zero-order valence-corrected chi connectivity index (χ0v) is 11.1. The van der Waals surface area contributed by atoms with Gasteiger partial charge < -0.3 is 0 Å². The molecule has 0 bridgehead atoms. The summed E-state index contributed by atoms with van der Waals surface area (Å²) in [5, 5.41) is 0. The van der Waals surface area contributed by atoms with Crippen LogP contribution in [0.4, 0.5) is 0 Å². The molecule has 0 aromatic carbocycles. The summed E-state index contributed by atoms with van der Waals surface area (Å²) < 4.78 is 0. The Morgan fingerprint density at radius 2 is 1.47 bits per heavy atom. The maximum atomic E-state index is 5.72. The summed E-state index contributed by atoms with van der Waals surface area (Å²) in [5.74, 6) is 7.21. The minimum atomic E-state index is 0.511. The fraction of sp³-hybridized carbons (Fsp3) is 1.00. The molecular formula is C13H30N2. The maximum Gasteiger partial charge on any atom is 0.0266 e. The van der Waals surface area contributed by atoms with Crippen molar-refractivity contribution in [2.24, 2.45) is 17.7 Å². The summed E-state index contributed by atoms with van der Waals surface area (Å²) in [7, 11) is 0. The summed E-state index contributed by atoms with van der Waals surface area (Å²) in [6, 6.07) is 0.511. The van der Waals surface area contributed by atoms with Crippen molar-refractivity contribution >= 4 is 0 Å². The van der Waals surface area contributed by atoms with Crippen LogP contribution in [0.15, 0.2) is 0 Å². The monoisotopic (exact) mass is 214 g/mol. The number of hydrazine groups is 1. The minimum absolute atomic E-state index is 0.511. The van der Waals surface area contributed by atoms with Crippen molar-refractivity contribution in [1.29, 1.82) is 0 Å². The Bertz CT molecular complexity index is 132. The highest BCUT2D eigenvalue weighted by molar-refractivity contribution is 4.79. The van der Waals surface area contributed by atoms with Gasteiger partial charge in [-0.05, 0) is 18.3 Å². The molecule has 0 rings (SSSR count). The predicted molar refractivity (Wildman–Crippen MR) is 68.5 cm³/mol. The van der Waals surface area contributed by atoms with Crippen LogP contribution in [0.5, 0.6) is 0 Å². The first-order valence-electron chi connectivity index (χ1n) is 6.71. The van der Waals surface area contributed by atoms with Crippen molar-refractivity contribution in [2.45, 2.75) is 72.3 Å². The van der Waals surface area contributed by atoms with E-state index in [0.29, 0.717) is 6.04 Å². The van der Waals surface area contributed by atoms with Gasteiger partial charge in [-0.15, -0.1) is 0 Å². The molecule has 2 heteroatoms. The van der Waals surface area contributed by atoms with Gasteiger partial charge in [0.05, 0.1) is 0 Å². The Morgan fingerprint density at radius 3 is 1.80 bits per heavy atom.